The van der Waals surface area contributed by atoms with Crippen LogP contribution in [0.4, 0.5) is 5.69 Å². The molecule has 2 atom stereocenters. The molecular weight excluding hydrogens is 458 g/mol. The maximum atomic E-state index is 11.2. The van der Waals surface area contributed by atoms with Gasteiger partial charge in [-0.2, -0.15) is 10.4 Å². The fraction of sp³-hybridized carbons (Fsp3) is 0.129. The second-order valence-electron chi connectivity index (χ2n) is 9.07. The van der Waals surface area contributed by atoms with Crippen molar-refractivity contribution in [3.63, 3.8) is 0 Å². The van der Waals surface area contributed by atoms with Crippen LogP contribution >= 0.6 is 0 Å². The second kappa shape index (κ2) is 8.96. The lowest BCUT2D eigenvalue weighted by Gasteiger charge is -2.35. The van der Waals surface area contributed by atoms with E-state index in [0.717, 1.165) is 39.3 Å². The highest BCUT2D eigenvalue weighted by atomic mass is 16.5. The quantitative estimate of drug-likeness (QED) is 0.307. The van der Waals surface area contributed by atoms with Crippen molar-refractivity contribution in [1.29, 1.82) is 5.26 Å². The third-order valence-corrected chi connectivity index (χ3v) is 7.05. The number of hydrazone groups is 1. The highest BCUT2D eigenvalue weighted by Crippen LogP contribution is 2.50. The van der Waals surface area contributed by atoms with Crippen LogP contribution in [0.15, 0.2) is 114 Å². The van der Waals surface area contributed by atoms with Gasteiger partial charge >= 0.3 is 0 Å². The third kappa shape index (κ3) is 3.47. The van der Waals surface area contributed by atoms with Gasteiger partial charge in [-0.1, -0.05) is 72.8 Å². The normalized spacial score (nSPS) is 19.0. The molecule has 37 heavy (non-hydrogen) atoms. The number of anilines is 1. The van der Waals surface area contributed by atoms with Crippen LogP contribution in [-0.2, 0) is 12.6 Å². The zero-order valence-electron chi connectivity index (χ0n) is 20.6. The van der Waals surface area contributed by atoms with Crippen molar-refractivity contribution in [1.82, 2.24) is 9.55 Å². The van der Waals surface area contributed by atoms with Crippen molar-refractivity contribution < 1.29 is 4.74 Å². The Bertz CT molecular complexity index is 1630. The zero-order valence-corrected chi connectivity index (χ0v) is 20.6. The number of ether oxygens (including phenoxy) is 1. The summed E-state index contributed by atoms with van der Waals surface area (Å²) in [6, 6.07) is 38.5. The molecule has 6 rings (SSSR count). The number of methoxy groups -OCH3 is 1. The molecule has 0 spiro atoms. The minimum atomic E-state index is -1.26. The largest absolute Gasteiger partial charge is 0.497 e. The van der Waals surface area contributed by atoms with E-state index in [0.29, 0.717) is 5.82 Å². The molecule has 6 nitrogen and oxygen atoms in total. The average Bonchev–Trinajstić information content (AvgIpc) is 3.50. The monoisotopic (exact) mass is 483 g/mol. The molecule has 0 radical (unpaired) electrons. The van der Waals surface area contributed by atoms with E-state index in [1.54, 1.807) is 7.11 Å². The summed E-state index contributed by atoms with van der Waals surface area (Å²) >= 11 is 0. The number of imidazole rings is 1. The van der Waals surface area contributed by atoms with Gasteiger partial charge in [0.15, 0.2) is 5.82 Å². The van der Waals surface area contributed by atoms with Crippen LogP contribution in [0.1, 0.15) is 22.9 Å². The van der Waals surface area contributed by atoms with Gasteiger partial charge in [0.2, 0.25) is 5.54 Å². The Hall–Kier alpha value is -4.89. The molecule has 0 saturated carbocycles. The molecule has 5 aromatic rings. The molecule has 1 aliphatic heterocycles. The predicted molar refractivity (Wildman–Crippen MR) is 146 cm³/mol. The lowest BCUT2D eigenvalue weighted by molar-refractivity contribution is 0.414. The lowest BCUT2D eigenvalue weighted by atomic mass is 9.75. The van der Waals surface area contributed by atoms with Gasteiger partial charge in [0.25, 0.3) is 0 Å². The molecule has 0 aliphatic carbocycles. The number of hydrogen-bond acceptors (Lipinski definition) is 5. The topological polar surface area (TPSA) is 66.4 Å². The van der Waals surface area contributed by atoms with E-state index in [1.807, 2.05) is 126 Å². The molecule has 1 aromatic heterocycles. The van der Waals surface area contributed by atoms with E-state index in [1.165, 1.54) is 0 Å². The minimum absolute atomic E-state index is 0.429. The molecule has 0 saturated heterocycles. The highest BCUT2D eigenvalue weighted by Gasteiger charge is 2.57. The Morgan fingerprint density at radius 2 is 1.49 bits per heavy atom. The first-order valence-electron chi connectivity index (χ1n) is 12.1. The maximum Gasteiger partial charge on any atom is 0.218 e. The van der Waals surface area contributed by atoms with Crippen LogP contribution in [0.2, 0.25) is 0 Å². The lowest BCUT2D eigenvalue weighted by Crippen LogP contribution is -2.46. The zero-order chi connectivity index (χ0) is 25.4. The van der Waals surface area contributed by atoms with E-state index in [4.69, 9.17) is 14.8 Å². The third-order valence-electron chi connectivity index (χ3n) is 7.05. The van der Waals surface area contributed by atoms with Crippen LogP contribution in [0.3, 0.4) is 0 Å². The Labute approximate surface area is 215 Å². The summed E-state index contributed by atoms with van der Waals surface area (Å²) in [6.45, 7) is 0. The number of nitriles is 1. The van der Waals surface area contributed by atoms with E-state index in [2.05, 4.69) is 6.07 Å². The second-order valence-corrected chi connectivity index (χ2v) is 9.07. The summed E-state index contributed by atoms with van der Waals surface area (Å²) in [5, 5.41) is 18.2. The Morgan fingerprint density at radius 3 is 2.14 bits per heavy atom. The van der Waals surface area contributed by atoms with E-state index < -0.39 is 11.5 Å². The summed E-state index contributed by atoms with van der Waals surface area (Å²) in [5.74, 6) is 0.960. The first-order chi connectivity index (χ1) is 18.2. The van der Waals surface area contributed by atoms with Crippen molar-refractivity contribution in [3.05, 3.63) is 126 Å². The SMILES string of the molecule is COc1ccc(C2C(c3ccccc3)=NN(c3ccccc3)C2(C#N)c2nc3ccccc3n2C)cc1. The van der Waals surface area contributed by atoms with Gasteiger partial charge in [0, 0.05) is 7.05 Å². The predicted octanol–water partition coefficient (Wildman–Crippen LogP) is 6.01. The molecule has 0 fully saturated rings. The first-order valence-corrected chi connectivity index (χ1v) is 12.1. The van der Waals surface area contributed by atoms with Gasteiger partial charge in [-0.15, -0.1) is 0 Å². The average molecular weight is 484 g/mol. The van der Waals surface area contributed by atoms with Gasteiger partial charge in [-0.25, -0.2) is 9.99 Å². The van der Waals surface area contributed by atoms with Crippen molar-refractivity contribution in [3.8, 4) is 11.8 Å². The number of benzene rings is 4. The van der Waals surface area contributed by atoms with Gasteiger partial charge in [0.1, 0.15) is 11.8 Å². The van der Waals surface area contributed by atoms with Crippen molar-refractivity contribution in [2.75, 3.05) is 12.1 Å². The maximum absolute atomic E-state index is 11.2. The van der Waals surface area contributed by atoms with Crippen LogP contribution in [0.5, 0.6) is 5.75 Å². The molecule has 0 bridgehead atoms. The van der Waals surface area contributed by atoms with E-state index >= 15 is 0 Å². The van der Waals surface area contributed by atoms with Crippen LogP contribution in [0.25, 0.3) is 11.0 Å². The number of aryl methyl sites for hydroxylation is 1. The number of fused-ring (bicyclic) bond motifs is 1. The molecule has 0 N–H and O–H groups in total. The van der Waals surface area contributed by atoms with Crippen molar-refractivity contribution in [2.45, 2.75) is 11.5 Å². The molecule has 6 heteroatoms. The fourth-order valence-electron chi connectivity index (χ4n) is 5.30. The molecular formula is C31H25N5O. The first kappa shape index (κ1) is 22.6. The van der Waals surface area contributed by atoms with E-state index in [-0.39, 0.29) is 0 Å². The summed E-state index contributed by atoms with van der Waals surface area (Å²) in [4.78, 5) is 5.05. The Kier molecular flexibility index (Phi) is 5.46. The molecule has 2 unspecified atom stereocenters. The van der Waals surface area contributed by atoms with Gasteiger partial charge < -0.3 is 9.30 Å². The van der Waals surface area contributed by atoms with E-state index in [9.17, 15) is 5.26 Å². The van der Waals surface area contributed by atoms with Gasteiger partial charge in [-0.05, 0) is 47.5 Å². The van der Waals surface area contributed by atoms with Crippen LogP contribution < -0.4 is 9.75 Å². The Balaban J connectivity index is 1.69. The molecule has 180 valence electrons. The number of para-hydroxylation sites is 3. The van der Waals surface area contributed by atoms with Gasteiger partial charge in [0.05, 0.1) is 35.5 Å². The molecule has 0 amide bonds. The Morgan fingerprint density at radius 1 is 0.838 bits per heavy atom. The van der Waals surface area contributed by atoms with Crippen LogP contribution in [-0.4, -0.2) is 22.4 Å². The van der Waals surface area contributed by atoms with Crippen molar-refractivity contribution >= 4 is 22.4 Å². The highest BCUT2D eigenvalue weighted by molar-refractivity contribution is 6.09. The van der Waals surface area contributed by atoms with Gasteiger partial charge in [-0.3, -0.25) is 0 Å². The standard InChI is InChI=1S/C31H25N5O/c1-35-27-16-10-9-15-26(27)33-30(35)31(21-32)28(22-17-19-25(37-2)20-18-22)29(23-11-5-3-6-12-23)34-36(31)24-13-7-4-8-14-24/h3-20,28H,1-2H3. The number of nitrogens with zero attached hydrogens (tertiary/aromatic N) is 5. The number of aromatic nitrogens is 2. The number of rotatable bonds is 5. The number of hydrogen-bond donors (Lipinski definition) is 0. The van der Waals surface area contributed by atoms with Crippen LogP contribution in [0, 0.1) is 11.3 Å². The molecule has 4 aromatic carbocycles. The van der Waals surface area contributed by atoms with Crippen molar-refractivity contribution in [2.24, 2.45) is 12.1 Å². The summed E-state index contributed by atoms with van der Waals surface area (Å²) < 4.78 is 7.46. The minimum Gasteiger partial charge on any atom is -0.497 e. The summed E-state index contributed by atoms with van der Waals surface area (Å²) in [7, 11) is 3.62. The molecule has 2 heterocycles. The smallest absolute Gasteiger partial charge is 0.218 e. The fourth-order valence-corrected chi connectivity index (χ4v) is 5.30. The summed E-state index contributed by atoms with van der Waals surface area (Å²) in [5.41, 5.74) is 4.08. The molecule has 1 aliphatic rings. The summed E-state index contributed by atoms with van der Waals surface area (Å²) in [6.07, 6.45) is 0.